The standard InChI is InChI=1S/C26H34F3N3O2/c27-26(28,29)20-7-4-8-21(17-20)31-15-13-30(14-16-31)11-1-2-12-32-24(33)22-18-5-3-6-19(10-9-18)23(22)25(32)34/h4,7-8,17-19,22-23H,1-3,5-6,9-16H2. The Morgan fingerprint density at radius 1 is 0.824 bits per heavy atom. The highest BCUT2D eigenvalue weighted by atomic mass is 19.4. The summed E-state index contributed by atoms with van der Waals surface area (Å²) in [4.78, 5) is 32.0. The van der Waals surface area contributed by atoms with E-state index in [4.69, 9.17) is 0 Å². The minimum absolute atomic E-state index is 0.0577. The minimum atomic E-state index is -4.33. The first-order valence-electron chi connectivity index (χ1n) is 12.8. The lowest BCUT2D eigenvalue weighted by molar-refractivity contribution is -0.140. The second-order valence-corrected chi connectivity index (χ2v) is 10.5. The van der Waals surface area contributed by atoms with Gasteiger partial charge in [-0.2, -0.15) is 13.2 Å². The molecular weight excluding hydrogens is 443 g/mol. The number of amides is 2. The Kier molecular flexibility index (Phi) is 6.62. The molecule has 186 valence electrons. The van der Waals surface area contributed by atoms with E-state index >= 15 is 0 Å². The molecule has 5 fully saturated rings. The molecule has 2 heterocycles. The van der Waals surface area contributed by atoms with Crippen molar-refractivity contribution in [2.24, 2.45) is 23.7 Å². The molecule has 6 rings (SSSR count). The largest absolute Gasteiger partial charge is 0.416 e. The number of carbonyl (C=O) groups excluding carboxylic acids is 2. The van der Waals surface area contributed by atoms with E-state index in [0.717, 1.165) is 70.6 Å². The van der Waals surface area contributed by atoms with Gasteiger partial charge in [-0.25, -0.2) is 0 Å². The summed E-state index contributed by atoms with van der Waals surface area (Å²) in [5.74, 6) is 0.856. The van der Waals surface area contributed by atoms with Crippen LogP contribution in [0.5, 0.6) is 0 Å². The lowest BCUT2D eigenvalue weighted by Crippen LogP contribution is -2.46. The van der Waals surface area contributed by atoms with Crippen LogP contribution in [-0.4, -0.2) is 60.9 Å². The van der Waals surface area contributed by atoms with Crippen molar-refractivity contribution >= 4 is 17.5 Å². The van der Waals surface area contributed by atoms with E-state index in [2.05, 4.69) is 4.90 Å². The highest BCUT2D eigenvalue weighted by Gasteiger charge is 2.56. The van der Waals surface area contributed by atoms with Crippen LogP contribution < -0.4 is 4.90 Å². The number of piperazine rings is 1. The summed E-state index contributed by atoms with van der Waals surface area (Å²) < 4.78 is 39.0. The third-order valence-electron chi connectivity index (χ3n) is 8.58. The van der Waals surface area contributed by atoms with Crippen LogP contribution >= 0.6 is 0 Å². The van der Waals surface area contributed by atoms with E-state index in [1.54, 1.807) is 11.0 Å². The van der Waals surface area contributed by atoms with E-state index in [1.807, 2.05) is 4.90 Å². The third-order valence-corrected chi connectivity index (χ3v) is 8.58. The number of halogens is 3. The molecule has 5 nitrogen and oxygen atoms in total. The number of alkyl halides is 3. The van der Waals surface area contributed by atoms with E-state index in [-0.39, 0.29) is 23.7 Å². The normalized spacial score (nSPS) is 30.1. The van der Waals surface area contributed by atoms with E-state index < -0.39 is 11.7 Å². The number of hydrogen-bond acceptors (Lipinski definition) is 4. The number of likely N-dealkylation sites (tertiary alicyclic amines) is 1. The molecule has 5 aliphatic rings. The van der Waals surface area contributed by atoms with Gasteiger partial charge in [0, 0.05) is 38.4 Å². The lowest BCUT2D eigenvalue weighted by atomic mass is 9.69. The zero-order valence-corrected chi connectivity index (χ0v) is 19.6. The highest BCUT2D eigenvalue weighted by Crippen LogP contribution is 2.51. The van der Waals surface area contributed by atoms with Gasteiger partial charge in [-0.3, -0.25) is 19.4 Å². The quantitative estimate of drug-likeness (QED) is 0.450. The fourth-order valence-corrected chi connectivity index (χ4v) is 6.78. The summed E-state index contributed by atoms with van der Waals surface area (Å²) in [5, 5.41) is 0. The summed E-state index contributed by atoms with van der Waals surface area (Å²) in [5.41, 5.74) is 0.00803. The maximum Gasteiger partial charge on any atom is 0.416 e. The number of rotatable bonds is 6. The first kappa shape index (κ1) is 23.6. The van der Waals surface area contributed by atoms with Crippen LogP contribution in [0.15, 0.2) is 24.3 Å². The van der Waals surface area contributed by atoms with Gasteiger partial charge in [0.05, 0.1) is 17.4 Å². The molecule has 4 atom stereocenters. The van der Waals surface area contributed by atoms with E-state index in [1.165, 1.54) is 12.1 Å². The van der Waals surface area contributed by atoms with Crippen molar-refractivity contribution in [3.05, 3.63) is 29.8 Å². The molecule has 2 saturated heterocycles. The number of benzene rings is 1. The van der Waals surface area contributed by atoms with Crippen LogP contribution in [0.1, 0.15) is 50.5 Å². The van der Waals surface area contributed by atoms with Crippen LogP contribution in [0, 0.1) is 23.7 Å². The number of nitrogens with zero attached hydrogens (tertiary/aromatic N) is 3. The SMILES string of the molecule is O=C1C2C3CCCC(CC3)C2C(=O)N1CCCCN1CCN(c2cccc(C(F)(F)F)c2)CC1. The molecular formula is C26H34F3N3O2. The summed E-state index contributed by atoms with van der Waals surface area (Å²) >= 11 is 0. The first-order chi connectivity index (χ1) is 16.3. The maximum absolute atomic E-state index is 13.1. The number of unbranched alkanes of at least 4 members (excludes halogenated alkanes) is 1. The van der Waals surface area contributed by atoms with Crippen molar-refractivity contribution in [3.63, 3.8) is 0 Å². The number of fused-ring (bicyclic) bond motifs is 3. The molecule has 3 saturated carbocycles. The van der Waals surface area contributed by atoms with Gasteiger partial charge >= 0.3 is 6.18 Å². The molecule has 0 radical (unpaired) electrons. The first-order valence-corrected chi connectivity index (χ1v) is 12.8. The molecule has 2 amide bonds. The molecule has 2 bridgehead atoms. The Morgan fingerprint density at radius 2 is 1.44 bits per heavy atom. The monoisotopic (exact) mass is 477 g/mol. The second kappa shape index (κ2) is 9.51. The van der Waals surface area contributed by atoms with Gasteiger partial charge in [-0.1, -0.05) is 12.5 Å². The number of anilines is 1. The van der Waals surface area contributed by atoms with Crippen molar-refractivity contribution < 1.29 is 22.8 Å². The molecule has 8 heteroatoms. The summed E-state index contributed by atoms with van der Waals surface area (Å²) in [6.45, 7) is 4.38. The smallest absolute Gasteiger partial charge is 0.369 e. The van der Waals surface area contributed by atoms with Crippen molar-refractivity contribution in [1.82, 2.24) is 9.80 Å². The molecule has 0 aromatic heterocycles. The number of hydrogen-bond donors (Lipinski definition) is 0. The van der Waals surface area contributed by atoms with Crippen molar-refractivity contribution in [2.75, 3.05) is 44.2 Å². The van der Waals surface area contributed by atoms with Gasteiger partial charge < -0.3 is 4.90 Å². The van der Waals surface area contributed by atoms with Crippen LogP contribution in [0.3, 0.4) is 0 Å². The molecule has 3 aliphatic carbocycles. The van der Waals surface area contributed by atoms with Crippen LogP contribution in [0.2, 0.25) is 0 Å². The lowest BCUT2D eigenvalue weighted by Gasteiger charge is -2.36. The molecule has 0 spiro atoms. The number of imide groups is 1. The van der Waals surface area contributed by atoms with Crippen molar-refractivity contribution in [3.8, 4) is 0 Å². The number of carbonyl (C=O) groups is 2. The van der Waals surface area contributed by atoms with Gasteiger partial charge in [-0.05, 0) is 75.1 Å². The van der Waals surface area contributed by atoms with Crippen LogP contribution in [-0.2, 0) is 15.8 Å². The van der Waals surface area contributed by atoms with E-state index in [9.17, 15) is 22.8 Å². The minimum Gasteiger partial charge on any atom is -0.369 e. The average Bonchev–Trinajstić information content (AvgIpc) is 3.03. The summed E-state index contributed by atoms with van der Waals surface area (Å²) in [7, 11) is 0. The van der Waals surface area contributed by atoms with Gasteiger partial charge in [-0.15, -0.1) is 0 Å². The Morgan fingerprint density at radius 3 is 2.06 bits per heavy atom. The molecule has 34 heavy (non-hydrogen) atoms. The van der Waals surface area contributed by atoms with Gasteiger partial charge in [0.1, 0.15) is 0 Å². The summed E-state index contributed by atoms with van der Waals surface area (Å²) in [6, 6.07) is 5.54. The third kappa shape index (κ3) is 4.58. The zero-order chi connectivity index (χ0) is 23.9. The molecule has 0 N–H and O–H groups in total. The van der Waals surface area contributed by atoms with Crippen LogP contribution in [0.25, 0.3) is 0 Å². The maximum atomic E-state index is 13.1. The average molecular weight is 478 g/mol. The molecule has 4 unspecified atom stereocenters. The van der Waals surface area contributed by atoms with Gasteiger partial charge in [0.15, 0.2) is 0 Å². The zero-order valence-electron chi connectivity index (χ0n) is 19.6. The molecule has 1 aromatic rings. The second-order valence-electron chi connectivity index (χ2n) is 10.5. The Labute approximate surface area is 199 Å². The summed E-state index contributed by atoms with van der Waals surface area (Å²) in [6.07, 6.45) is 2.93. The topological polar surface area (TPSA) is 43.9 Å². The van der Waals surface area contributed by atoms with Crippen molar-refractivity contribution in [2.45, 2.75) is 51.1 Å². The Balaban J connectivity index is 1.07. The predicted octanol–water partition coefficient (Wildman–Crippen LogP) is 4.42. The fourth-order valence-electron chi connectivity index (χ4n) is 6.78. The Hall–Kier alpha value is -2.09. The van der Waals surface area contributed by atoms with Gasteiger partial charge in [0.2, 0.25) is 11.8 Å². The molecule has 1 aromatic carbocycles. The van der Waals surface area contributed by atoms with E-state index in [0.29, 0.717) is 37.2 Å². The van der Waals surface area contributed by atoms with Gasteiger partial charge in [0.25, 0.3) is 0 Å². The highest BCUT2D eigenvalue weighted by molar-refractivity contribution is 6.05. The molecule has 2 aliphatic heterocycles. The van der Waals surface area contributed by atoms with Crippen molar-refractivity contribution in [1.29, 1.82) is 0 Å². The fraction of sp³-hybridized carbons (Fsp3) is 0.692. The van der Waals surface area contributed by atoms with Crippen LogP contribution in [0.4, 0.5) is 18.9 Å². The predicted molar refractivity (Wildman–Crippen MR) is 123 cm³/mol. The Bertz CT molecular complexity index is 879.